The second-order valence-electron chi connectivity index (χ2n) is 8.83. The van der Waals surface area contributed by atoms with Crippen molar-refractivity contribution in [1.29, 1.82) is 0 Å². The van der Waals surface area contributed by atoms with Gasteiger partial charge in [-0.05, 0) is 40.5 Å². The van der Waals surface area contributed by atoms with E-state index in [1.807, 2.05) is 103 Å². The third-order valence-corrected chi connectivity index (χ3v) is 6.47. The summed E-state index contributed by atoms with van der Waals surface area (Å²) < 4.78 is 0. The Morgan fingerprint density at radius 1 is 0.829 bits per heavy atom. The molecule has 0 aliphatic carbocycles. The van der Waals surface area contributed by atoms with Gasteiger partial charge in [0.15, 0.2) is 0 Å². The molecule has 0 unspecified atom stereocenters. The zero-order valence-electron chi connectivity index (χ0n) is 19.3. The summed E-state index contributed by atoms with van der Waals surface area (Å²) in [5.74, 6) is -0.877. The Labute approximate surface area is 203 Å². The van der Waals surface area contributed by atoms with Crippen LogP contribution >= 0.6 is 0 Å². The molecule has 1 saturated heterocycles. The van der Waals surface area contributed by atoms with Crippen molar-refractivity contribution in [2.75, 3.05) is 6.54 Å². The molecule has 4 aromatic carbocycles. The molecular weight excluding hydrogens is 438 g/mol. The predicted octanol–water partition coefficient (Wildman–Crippen LogP) is 4.51. The molecule has 0 bridgehead atoms. The SMILES string of the molecule is C[C@]1(c2ccc3ccccc3c2)NC(=O)N(CC(=O)NC(c2ccccc2)c2ccccc2)C1=O. The van der Waals surface area contributed by atoms with Crippen LogP contribution in [-0.2, 0) is 15.1 Å². The minimum Gasteiger partial charge on any atom is -0.344 e. The first-order valence-corrected chi connectivity index (χ1v) is 11.5. The van der Waals surface area contributed by atoms with E-state index in [4.69, 9.17) is 0 Å². The second kappa shape index (κ2) is 9.06. The van der Waals surface area contributed by atoms with E-state index in [0.717, 1.165) is 26.8 Å². The van der Waals surface area contributed by atoms with Crippen LogP contribution in [-0.4, -0.2) is 29.3 Å². The lowest BCUT2D eigenvalue weighted by Crippen LogP contribution is -2.44. The number of hydrogen-bond acceptors (Lipinski definition) is 3. The highest BCUT2D eigenvalue weighted by Crippen LogP contribution is 2.31. The lowest BCUT2D eigenvalue weighted by atomic mass is 9.90. The molecule has 4 aromatic rings. The maximum atomic E-state index is 13.4. The van der Waals surface area contributed by atoms with Crippen molar-refractivity contribution < 1.29 is 14.4 Å². The average Bonchev–Trinajstić information content (AvgIpc) is 3.11. The van der Waals surface area contributed by atoms with Crippen LogP contribution in [0.25, 0.3) is 10.8 Å². The monoisotopic (exact) mass is 463 g/mol. The first-order chi connectivity index (χ1) is 17.0. The van der Waals surface area contributed by atoms with Gasteiger partial charge in [-0.15, -0.1) is 0 Å². The molecule has 0 spiro atoms. The summed E-state index contributed by atoms with van der Waals surface area (Å²) in [4.78, 5) is 40.3. The van der Waals surface area contributed by atoms with Crippen molar-refractivity contribution in [3.63, 3.8) is 0 Å². The number of urea groups is 1. The number of nitrogens with zero attached hydrogens (tertiary/aromatic N) is 1. The van der Waals surface area contributed by atoms with Gasteiger partial charge in [-0.2, -0.15) is 0 Å². The highest BCUT2D eigenvalue weighted by Gasteiger charge is 2.49. The van der Waals surface area contributed by atoms with Gasteiger partial charge in [0.05, 0.1) is 6.04 Å². The molecule has 1 heterocycles. The van der Waals surface area contributed by atoms with E-state index in [-0.39, 0.29) is 6.54 Å². The molecule has 1 aliphatic heterocycles. The summed E-state index contributed by atoms with van der Waals surface area (Å²) in [6.45, 7) is 1.30. The van der Waals surface area contributed by atoms with Crippen LogP contribution in [0.15, 0.2) is 103 Å². The Balaban J connectivity index is 1.37. The first kappa shape index (κ1) is 22.3. The molecule has 174 valence electrons. The summed E-state index contributed by atoms with van der Waals surface area (Å²) in [6, 6.07) is 31.7. The van der Waals surface area contributed by atoms with E-state index in [0.29, 0.717) is 5.56 Å². The smallest absolute Gasteiger partial charge is 0.325 e. The Kier molecular flexibility index (Phi) is 5.79. The summed E-state index contributed by atoms with van der Waals surface area (Å²) in [7, 11) is 0. The van der Waals surface area contributed by atoms with Gasteiger partial charge >= 0.3 is 6.03 Å². The molecule has 0 saturated carbocycles. The van der Waals surface area contributed by atoms with Crippen molar-refractivity contribution >= 4 is 28.6 Å². The van der Waals surface area contributed by atoms with E-state index in [2.05, 4.69) is 10.6 Å². The third-order valence-electron chi connectivity index (χ3n) is 6.47. The molecule has 35 heavy (non-hydrogen) atoms. The largest absolute Gasteiger partial charge is 0.344 e. The van der Waals surface area contributed by atoms with Crippen LogP contribution < -0.4 is 10.6 Å². The summed E-state index contributed by atoms with van der Waals surface area (Å²) in [5.41, 5.74) is 1.24. The molecule has 0 aromatic heterocycles. The van der Waals surface area contributed by atoms with Gasteiger partial charge in [0.25, 0.3) is 5.91 Å². The van der Waals surface area contributed by atoms with E-state index in [1.165, 1.54) is 0 Å². The maximum Gasteiger partial charge on any atom is 0.325 e. The lowest BCUT2D eigenvalue weighted by Gasteiger charge is -2.23. The molecule has 4 amide bonds. The Morgan fingerprint density at radius 3 is 2.03 bits per heavy atom. The number of imide groups is 1. The number of amides is 4. The van der Waals surface area contributed by atoms with Gasteiger partial charge in [0.2, 0.25) is 5.91 Å². The molecule has 6 nitrogen and oxygen atoms in total. The summed E-state index contributed by atoms with van der Waals surface area (Å²) >= 11 is 0. The van der Waals surface area contributed by atoms with Crippen molar-refractivity contribution in [1.82, 2.24) is 15.5 Å². The number of carbonyl (C=O) groups excluding carboxylic acids is 3. The number of hydrogen-bond donors (Lipinski definition) is 2. The Morgan fingerprint density at radius 2 is 1.40 bits per heavy atom. The number of carbonyl (C=O) groups is 3. The van der Waals surface area contributed by atoms with Crippen molar-refractivity contribution in [2.45, 2.75) is 18.5 Å². The maximum absolute atomic E-state index is 13.4. The van der Waals surface area contributed by atoms with Gasteiger partial charge in [-0.25, -0.2) is 4.79 Å². The third kappa shape index (κ3) is 4.26. The molecular formula is C29H25N3O3. The number of benzene rings is 4. The fourth-order valence-electron chi connectivity index (χ4n) is 4.54. The van der Waals surface area contributed by atoms with E-state index in [9.17, 15) is 14.4 Å². The molecule has 5 rings (SSSR count). The van der Waals surface area contributed by atoms with Crippen LogP contribution in [0.2, 0.25) is 0 Å². The van der Waals surface area contributed by atoms with Gasteiger partial charge in [-0.3, -0.25) is 14.5 Å². The molecule has 2 N–H and O–H groups in total. The average molecular weight is 464 g/mol. The van der Waals surface area contributed by atoms with E-state index in [1.54, 1.807) is 6.92 Å². The minimum atomic E-state index is -1.25. The van der Waals surface area contributed by atoms with Crippen LogP contribution in [0.5, 0.6) is 0 Å². The van der Waals surface area contributed by atoms with Crippen LogP contribution in [0, 0.1) is 0 Å². The number of fused-ring (bicyclic) bond motifs is 1. The quantitative estimate of drug-likeness (QED) is 0.413. The fourth-order valence-corrected chi connectivity index (χ4v) is 4.54. The number of rotatable bonds is 6. The molecule has 1 aliphatic rings. The number of nitrogens with one attached hydrogen (secondary N) is 2. The van der Waals surface area contributed by atoms with Crippen molar-refractivity contribution in [3.8, 4) is 0 Å². The van der Waals surface area contributed by atoms with Crippen molar-refractivity contribution in [3.05, 3.63) is 120 Å². The molecule has 1 atom stereocenters. The summed E-state index contributed by atoms with van der Waals surface area (Å²) in [6.07, 6.45) is 0. The zero-order valence-corrected chi connectivity index (χ0v) is 19.3. The molecule has 0 radical (unpaired) electrons. The predicted molar refractivity (Wildman–Crippen MR) is 134 cm³/mol. The molecule has 6 heteroatoms. The normalized spacial score (nSPS) is 17.6. The standard InChI is InChI=1S/C29H25N3O3/c1-29(24-17-16-20-10-8-9-15-23(20)18-24)27(34)32(28(35)31-29)19-25(33)30-26(21-11-4-2-5-12-21)22-13-6-3-7-14-22/h2-18,26H,19H2,1H3,(H,30,33)(H,31,35)/t29-/m1/s1. The summed E-state index contributed by atoms with van der Waals surface area (Å²) in [5, 5.41) is 7.80. The van der Waals surface area contributed by atoms with Gasteiger partial charge < -0.3 is 10.6 Å². The van der Waals surface area contributed by atoms with E-state index >= 15 is 0 Å². The first-order valence-electron chi connectivity index (χ1n) is 11.5. The van der Waals surface area contributed by atoms with Crippen LogP contribution in [0.1, 0.15) is 29.7 Å². The Hall–Kier alpha value is -4.45. The Bertz CT molecular complexity index is 1370. The van der Waals surface area contributed by atoms with Gasteiger partial charge in [0, 0.05) is 0 Å². The van der Waals surface area contributed by atoms with Crippen LogP contribution in [0.3, 0.4) is 0 Å². The second-order valence-corrected chi connectivity index (χ2v) is 8.83. The fraction of sp³-hybridized carbons (Fsp3) is 0.138. The lowest BCUT2D eigenvalue weighted by molar-refractivity contribution is -0.135. The van der Waals surface area contributed by atoms with Crippen LogP contribution in [0.4, 0.5) is 4.79 Å². The zero-order chi connectivity index (χ0) is 24.4. The van der Waals surface area contributed by atoms with Crippen molar-refractivity contribution in [2.24, 2.45) is 0 Å². The van der Waals surface area contributed by atoms with E-state index < -0.39 is 29.4 Å². The topological polar surface area (TPSA) is 78.5 Å². The van der Waals surface area contributed by atoms with Gasteiger partial charge in [0.1, 0.15) is 12.1 Å². The molecule has 1 fully saturated rings. The highest BCUT2D eigenvalue weighted by atomic mass is 16.2. The minimum absolute atomic E-state index is 0.371. The highest BCUT2D eigenvalue weighted by molar-refractivity contribution is 6.09. The van der Waals surface area contributed by atoms with Gasteiger partial charge in [-0.1, -0.05) is 97.1 Å².